The van der Waals surface area contributed by atoms with Crippen molar-refractivity contribution < 1.29 is 18.4 Å². The summed E-state index contributed by atoms with van der Waals surface area (Å²) in [5, 5.41) is 2.73. The first kappa shape index (κ1) is 16.4. The van der Waals surface area contributed by atoms with Crippen molar-refractivity contribution in [1.29, 1.82) is 0 Å². The molecule has 0 aliphatic heterocycles. The molecule has 0 aromatic rings. The van der Waals surface area contributed by atoms with Crippen LogP contribution >= 0.6 is 0 Å². The van der Waals surface area contributed by atoms with E-state index in [1.807, 2.05) is 0 Å². The van der Waals surface area contributed by atoms with Crippen molar-refractivity contribution >= 4 is 15.4 Å². The largest absolute Gasteiger partial charge is 0.453 e. The molecule has 0 fully saturated rings. The van der Waals surface area contributed by atoms with Crippen LogP contribution < -0.4 is 5.32 Å². The monoisotopic (exact) mass is 263 g/mol. The standard InChI is InChI=1S/C11H25NO4Si/c1-9(17(15-5)16-6)7-11(2,3)8-12-10(13)14-4/h9,17H,7-8H2,1-6H3,(H,12,13). The summed E-state index contributed by atoms with van der Waals surface area (Å²) in [4.78, 5) is 11.0. The lowest BCUT2D eigenvalue weighted by Gasteiger charge is -2.30. The van der Waals surface area contributed by atoms with Crippen molar-refractivity contribution in [1.82, 2.24) is 5.32 Å². The summed E-state index contributed by atoms with van der Waals surface area (Å²) in [5.41, 5.74) is 0.384. The summed E-state index contributed by atoms with van der Waals surface area (Å²) in [6.07, 6.45) is 0.549. The van der Waals surface area contributed by atoms with Gasteiger partial charge in [0.25, 0.3) is 0 Å². The van der Waals surface area contributed by atoms with Gasteiger partial charge in [0.2, 0.25) is 0 Å². The average Bonchev–Trinajstić information content (AvgIpc) is 2.27. The Kier molecular flexibility index (Phi) is 7.41. The third-order valence-electron chi connectivity index (χ3n) is 2.70. The molecule has 1 atom stereocenters. The van der Waals surface area contributed by atoms with Gasteiger partial charge in [0.1, 0.15) is 0 Å². The van der Waals surface area contributed by atoms with Crippen LogP contribution in [0.5, 0.6) is 0 Å². The Hall–Kier alpha value is -0.593. The van der Waals surface area contributed by atoms with Crippen LogP contribution in [0.4, 0.5) is 4.79 Å². The molecule has 0 aromatic heterocycles. The first-order chi connectivity index (χ1) is 7.86. The zero-order valence-electron chi connectivity index (χ0n) is 11.7. The molecule has 0 spiro atoms. The van der Waals surface area contributed by atoms with Gasteiger partial charge in [-0.1, -0.05) is 20.8 Å². The minimum Gasteiger partial charge on any atom is -0.453 e. The van der Waals surface area contributed by atoms with Crippen LogP contribution in [0.25, 0.3) is 0 Å². The molecule has 0 aliphatic rings. The van der Waals surface area contributed by atoms with Crippen LogP contribution in [0.1, 0.15) is 27.2 Å². The molecular weight excluding hydrogens is 238 g/mol. The number of alkyl carbamates (subject to hydrolysis) is 1. The number of rotatable bonds is 7. The zero-order chi connectivity index (χ0) is 13.5. The van der Waals surface area contributed by atoms with Crippen LogP contribution in [0.3, 0.4) is 0 Å². The maximum atomic E-state index is 11.0. The molecule has 0 aromatic carbocycles. The number of carbonyl (C=O) groups is 1. The second-order valence-electron chi connectivity index (χ2n) is 5.03. The molecule has 1 amide bonds. The van der Waals surface area contributed by atoms with Crippen molar-refractivity contribution in [2.24, 2.45) is 5.41 Å². The van der Waals surface area contributed by atoms with Gasteiger partial charge in [-0.2, -0.15) is 0 Å². The minimum absolute atomic E-state index is 0.00405. The molecule has 0 saturated carbocycles. The Morgan fingerprint density at radius 2 is 1.82 bits per heavy atom. The van der Waals surface area contributed by atoms with Gasteiger partial charge in [-0.3, -0.25) is 0 Å². The van der Waals surface area contributed by atoms with Crippen LogP contribution in [0.2, 0.25) is 5.54 Å². The van der Waals surface area contributed by atoms with Crippen LogP contribution in [-0.2, 0) is 13.6 Å². The maximum Gasteiger partial charge on any atom is 0.406 e. The molecule has 0 heterocycles. The molecule has 0 rings (SSSR count). The van der Waals surface area contributed by atoms with Crippen LogP contribution in [0, 0.1) is 5.41 Å². The molecule has 5 nitrogen and oxygen atoms in total. The number of methoxy groups -OCH3 is 1. The van der Waals surface area contributed by atoms with Gasteiger partial charge in [0, 0.05) is 20.8 Å². The van der Waals surface area contributed by atoms with Gasteiger partial charge in [0.05, 0.1) is 7.11 Å². The van der Waals surface area contributed by atoms with Gasteiger partial charge in [-0.05, 0) is 17.4 Å². The van der Waals surface area contributed by atoms with E-state index in [9.17, 15) is 4.79 Å². The fourth-order valence-corrected chi connectivity index (χ4v) is 3.94. The molecule has 1 unspecified atom stereocenters. The highest BCUT2D eigenvalue weighted by Crippen LogP contribution is 2.30. The Bertz CT molecular complexity index is 232. The number of nitrogens with one attached hydrogen (secondary N) is 1. The third kappa shape index (κ3) is 6.65. The molecule has 0 saturated heterocycles. The molecule has 0 radical (unpaired) electrons. The number of hydrogen-bond donors (Lipinski definition) is 1. The fraction of sp³-hybridized carbons (Fsp3) is 0.909. The van der Waals surface area contributed by atoms with E-state index in [2.05, 4.69) is 30.8 Å². The SMILES string of the molecule is COC(=O)NCC(C)(C)CC(C)[SiH](OC)OC. The van der Waals surface area contributed by atoms with E-state index in [4.69, 9.17) is 8.85 Å². The smallest absolute Gasteiger partial charge is 0.406 e. The van der Waals surface area contributed by atoms with Gasteiger partial charge in [-0.25, -0.2) is 4.79 Å². The molecule has 1 N–H and O–H groups in total. The maximum absolute atomic E-state index is 11.0. The predicted molar refractivity (Wildman–Crippen MR) is 69.4 cm³/mol. The van der Waals surface area contributed by atoms with E-state index >= 15 is 0 Å². The molecular formula is C11H25NO4Si. The molecule has 6 heteroatoms. The Balaban J connectivity index is 4.18. The Morgan fingerprint density at radius 3 is 2.24 bits per heavy atom. The lowest BCUT2D eigenvalue weighted by atomic mass is 9.88. The number of ether oxygens (including phenoxy) is 1. The van der Waals surface area contributed by atoms with E-state index < -0.39 is 15.4 Å². The molecule has 102 valence electrons. The van der Waals surface area contributed by atoms with Crippen molar-refractivity contribution in [2.45, 2.75) is 32.7 Å². The Labute approximate surface area is 106 Å². The molecule has 17 heavy (non-hydrogen) atoms. The van der Waals surface area contributed by atoms with Crippen molar-refractivity contribution in [2.75, 3.05) is 27.9 Å². The summed E-state index contributed by atoms with van der Waals surface area (Å²) >= 11 is 0. The number of carbonyl (C=O) groups excluding carboxylic acids is 1. The van der Waals surface area contributed by atoms with E-state index in [0.717, 1.165) is 6.42 Å². The van der Waals surface area contributed by atoms with Crippen LogP contribution in [-0.4, -0.2) is 43.3 Å². The van der Waals surface area contributed by atoms with E-state index in [1.54, 1.807) is 14.2 Å². The zero-order valence-corrected chi connectivity index (χ0v) is 12.9. The topological polar surface area (TPSA) is 56.8 Å². The summed E-state index contributed by atoms with van der Waals surface area (Å²) in [6.45, 7) is 6.93. The third-order valence-corrected chi connectivity index (χ3v) is 4.79. The normalized spacial score (nSPS) is 13.6. The van der Waals surface area contributed by atoms with E-state index in [-0.39, 0.29) is 5.41 Å². The van der Waals surface area contributed by atoms with Gasteiger partial charge < -0.3 is 18.9 Å². The average molecular weight is 263 g/mol. The lowest BCUT2D eigenvalue weighted by molar-refractivity contribution is 0.163. The fourth-order valence-electron chi connectivity index (χ4n) is 1.98. The quantitative estimate of drug-likeness (QED) is 0.710. The van der Waals surface area contributed by atoms with Crippen molar-refractivity contribution in [3.63, 3.8) is 0 Å². The van der Waals surface area contributed by atoms with Crippen LogP contribution in [0.15, 0.2) is 0 Å². The highest BCUT2D eigenvalue weighted by atomic mass is 28.3. The highest BCUT2D eigenvalue weighted by Gasteiger charge is 2.28. The number of amides is 1. The first-order valence-corrected chi connectivity index (χ1v) is 7.34. The molecule has 0 bridgehead atoms. The summed E-state index contributed by atoms with van der Waals surface area (Å²) < 4.78 is 15.3. The van der Waals surface area contributed by atoms with E-state index in [1.165, 1.54) is 7.11 Å². The predicted octanol–water partition coefficient (Wildman–Crippen LogP) is 1.66. The van der Waals surface area contributed by atoms with Gasteiger partial charge in [0.15, 0.2) is 0 Å². The van der Waals surface area contributed by atoms with Crippen molar-refractivity contribution in [3.05, 3.63) is 0 Å². The first-order valence-electron chi connectivity index (χ1n) is 5.73. The second kappa shape index (κ2) is 7.68. The summed E-state index contributed by atoms with van der Waals surface area (Å²) in [7, 11) is 3.16. The van der Waals surface area contributed by atoms with Crippen molar-refractivity contribution in [3.8, 4) is 0 Å². The lowest BCUT2D eigenvalue weighted by Crippen LogP contribution is -2.36. The minimum atomic E-state index is -1.59. The second-order valence-corrected chi connectivity index (χ2v) is 7.85. The summed E-state index contributed by atoms with van der Waals surface area (Å²) in [5.74, 6) is 0. The molecule has 0 aliphatic carbocycles. The van der Waals surface area contributed by atoms with Gasteiger partial charge in [-0.15, -0.1) is 0 Å². The van der Waals surface area contributed by atoms with Gasteiger partial charge >= 0.3 is 15.4 Å². The van der Waals surface area contributed by atoms with E-state index in [0.29, 0.717) is 12.1 Å². The number of hydrogen-bond acceptors (Lipinski definition) is 4. The Morgan fingerprint density at radius 1 is 1.29 bits per heavy atom. The summed E-state index contributed by atoms with van der Waals surface area (Å²) in [6, 6.07) is 0. The highest BCUT2D eigenvalue weighted by molar-refractivity contribution is 6.46.